The van der Waals surface area contributed by atoms with Gasteiger partial charge in [-0.2, -0.15) is 0 Å². The maximum Gasteiger partial charge on any atom is 0.334 e. The quantitative estimate of drug-likeness (QED) is 0.399. The molecule has 9 nitrogen and oxygen atoms in total. The number of aliphatic hydroxyl groups is 1. The largest absolute Gasteiger partial charge is 0.462 e. The van der Waals surface area contributed by atoms with E-state index in [0.29, 0.717) is 12.8 Å². The predicted octanol–water partition coefficient (Wildman–Crippen LogP) is 1.43. The molecule has 31 heavy (non-hydrogen) atoms. The third-order valence-corrected chi connectivity index (χ3v) is 5.78. The minimum absolute atomic E-state index is 0.0243. The minimum Gasteiger partial charge on any atom is -0.462 e. The van der Waals surface area contributed by atoms with Gasteiger partial charge in [-0.25, -0.2) is 4.79 Å². The molecule has 0 bridgehead atoms. The molecule has 0 aromatic carbocycles. The second-order valence-electron chi connectivity index (χ2n) is 8.07. The second kappa shape index (κ2) is 8.05. The number of Topliss-reactive ketones (excluding diaryl/α,β-unsaturated/α-hetero) is 1. The minimum atomic E-state index is -2.07. The van der Waals surface area contributed by atoms with Crippen LogP contribution in [0.25, 0.3) is 0 Å². The fourth-order valence-electron chi connectivity index (χ4n) is 3.86. The van der Waals surface area contributed by atoms with E-state index >= 15 is 0 Å². The van der Waals surface area contributed by atoms with Crippen molar-refractivity contribution in [2.24, 2.45) is 0 Å². The van der Waals surface area contributed by atoms with E-state index in [-0.39, 0.29) is 22.8 Å². The van der Waals surface area contributed by atoms with Gasteiger partial charge in [-0.15, -0.1) is 0 Å². The van der Waals surface area contributed by atoms with Crippen molar-refractivity contribution in [3.63, 3.8) is 0 Å². The Balaban J connectivity index is 2.14. The van der Waals surface area contributed by atoms with Crippen molar-refractivity contribution >= 4 is 23.5 Å². The van der Waals surface area contributed by atoms with Gasteiger partial charge in [0.05, 0.1) is 17.9 Å². The van der Waals surface area contributed by atoms with Crippen LogP contribution in [0, 0.1) is 0 Å². The number of aliphatic hydroxyl groups excluding tert-OH is 1. The summed E-state index contributed by atoms with van der Waals surface area (Å²) in [7, 11) is 0. The number of ketones is 2. The zero-order valence-electron chi connectivity index (χ0n) is 18.1. The summed E-state index contributed by atoms with van der Waals surface area (Å²) in [5.41, 5.74) is -1.86. The smallest absolute Gasteiger partial charge is 0.334 e. The van der Waals surface area contributed by atoms with Gasteiger partial charge in [-0.1, -0.05) is 6.08 Å². The van der Waals surface area contributed by atoms with Crippen molar-refractivity contribution in [3.05, 3.63) is 35.1 Å². The molecule has 5 atom stereocenters. The molecule has 1 aliphatic carbocycles. The average Bonchev–Trinajstić information content (AvgIpc) is 2.70. The number of fused-ring (bicyclic) bond motifs is 1. The summed E-state index contributed by atoms with van der Waals surface area (Å²) in [6.45, 7) is 7.25. The number of rotatable bonds is 3. The highest BCUT2D eigenvalue weighted by Gasteiger charge is 2.61. The Bertz CT molecular complexity index is 927. The summed E-state index contributed by atoms with van der Waals surface area (Å²) in [5.74, 6) is -4.96. The predicted molar refractivity (Wildman–Crippen MR) is 105 cm³/mol. The highest BCUT2D eigenvalue weighted by Crippen LogP contribution is 2.45. The highest BCUT2D eigenvalue weighted by atomic mass is 16.7. The summed E-state index contributed by atoms with van der Waals surface area (Å²) >= 11 is 0. The molecule has 1 fully saturated rings. The zero-order chi connectivity index (χ0) is 23.1. The van der Waals surface area contributed by atoms with E-state index in [9.17, 15) is 24.3 Å². The summed E-state index contributed by atoms with van der Waals surface area (Å²) in [4.78, 5) is 50.1. The lowest BCUT2D eigenvalue weighted by atomic mass is 9.75. The van der Waals surface area contributed by atoms with Gasteiger partial charge in [-0.05, 0) is 46.6 Å². The standard InChI is InChI=1S/C22H26O9/c1-6-11(2)20(27)29-19-14-9-17(25)21(5,31-13(4)23)18(26)15(14)10-28-22(19)16(24)8-7-12(3)30-22/h6,9-10,12,16,19,24H,7-8H2,1-5H3/b11-6+/t12?,16-,19-,21+,22?/m1/s1. The Morgan fingerprint density at radius 1 is 1.26 bits per heavy atom. The van der Waals surface area contributed by atoms with Crippen molar-refractivity contribution in [2.45, 2.75) is 77.2 Å². The Labute approximate surface area is 179 Å². The van der Waals surface area contributed by atoms with Gasteiger partial charge in [0, 0.05) is 18.1 Å². The zero-order valence-corrected chi connectivity index (χ0v) is 18.1. The van der Waals surface area contributed by atoms with Gasteiger partial charge >= 0.3 is 11.9 Å². The van der Waals surface area contributed by atoms with E-state index in [2.05, 4.69) is 0 Å². The third kappa shape index (κ3) is 3.72. The number of carbonyl (C=O) groups is 4. The lowest BCUT2D eigenvalue weighted by molar-refractivity contribution is -0.332. The van der Waals surface area contributed by atoms with E-state index in [1.807, 2.05) is 0 Å². The Hall–Kier alpha value is -2.78. The van der Waals surface area contributed by atoms with Gasteiger partial charge in [0.25, 0.3) is 5.79 Å². The van der Waals surface area contributed by atoms with E-state index in [1.54, 1.807) is 26.8 Å². The lowest BCUT2D eigenvalue weighted by Crippen LogP contribution is -2.64. The van der Waals surface area contributed by atoms with Crippen LogP contribution in [0.1, 0.15) is 47.5 Å². The van der Waals surface area contributed by atoms with Crippen LogP contribution in [0.4, 0.5) is 0 Å². The molecular formula is C22H26O9. The van der Waals surface area contributed by atoms with E-state index in [0.717, 1.165) is 19.3 Å². The third-order valence-electron chi connectivity index (χ3n) is 5.78. The number of ether oxygens (including phenoxy) is 4. The first-order valence-corrected chi connectivity index (χ1v) is 10.0. The van der Waals surface area contributed by atoms with Crippen LogP contribution >= 0.6 is 0 Å². The molecule has 3 aliphatic rings. The van der Waals surface area contributed by atoms with Gasteiger partial charge in [0.2, 0.25) is 17.2 Å². The molecule has 168 valence electrons. The van der Waals surface area contributed by atoms with Crippen LogP contribution in [0.2, 0.25) is 0 Å². The number of esters is 2. The first-order chi connectivity index (χ1) is 14.5. The SMILES string of the molecule is C/C=C(\C)C(=O)O[C@@H]1C2=CC(=O)[C@](C)(OC(C)=O)C(=O)C2=COC12OC(C)CC[C@H]2O. The Morgan fingerprint density at radius 2 is 1.94 bits per heavy atom. The Kier molecular flexibility index (Phi) is 5.94. The van der Waals surface area contributed by atoms with Gasteiger partial charge < -0.3 is 24.1 Å². The van der Waals surface area contributed by atoms with Crippen molar-refractivity contribution in [2.75, 3.05) is 0 Å². The van der Waals surface area contributed by atoms with Crippen LogP contribution < -0.4 is 0 Å². The number of carbonyl (C=O) groups excluding carboxylic acids is 4. The Morgan fingerprint density at radius 3 is 2.55 bits per heavy atom. The van der Waals surface area contributed by atoms with Gasteiger partial charge in [0.1, 0.15) is 6.10 Å². The molecule has 1 saturated heterocycles. The molecular weight excluding hydrogens is 408 g/mol. The molecule has 0 aromatic heterocycles. The molecule has 2 unspecified atom stereocenters. The van der Waals surface area contributed by atoms with Crippen LogP contribution in [0.15, 0.2) is 35.1 Å². The summed E-state index contributed by atoms with van der Waals surface area (Å²) < 4.78 is 22.3. The van der Waals surface area contributed by atoms with Crippen LogP contribution in [-0.4, -0.2) is 58.3 Å². The highest BCUT2D eigenvalue weighted by molar-refractivity contribution is 6.26. The maximum atomic E-state index is 13.1. The summed E-state index contributed by atoms with van der Waals surface area (Å²) in [6.07, 6.45) is 1.58. The molecule has 1 N–H and O–H groups in total. The van der Waals surface area contributed by atoms with Crippen molar-refractivity contribution in [1.29, 1.82) is 0 Å². The van der Waals surface area contributed by atoms with Gasteiger partial charge in [-0.3, -0.25) is 14.4 Å². The van der Waals surface area contributed by atoms with Crippen LogP contribution in [-0.2, 0) is 38.1 Å². The van der Waals surface area contributed by atoms with Crippen LogP contribution in [0.3, 0.4) is 0 Å². The molecule has 2 heterocycles. The topological polar surface area (TPSA) is 125 Å². The van der Waals surface area contributed by atoms with E-state index < -0.39 is 47.1 Å². The number of hydrogen-bond donors (Lipinski definition) is 1. The normalized spacial score (nSPS) is 35.5. The van der Waals surface area contributed by atoms with Crippen molar-refractivity contribution in [3.8, 4) is 0 Å². The maximum absolute atomic E-state index is 13.1. The molecule has 0 radical (unpaired) electrons. The second-order valence-corrected chi connectivity index (χ2v) is 8.07. The first kappa shape index (κ1) is 22.9. The molecule has 0 saturated carbocycles. The fraction of sp³-hybridized carbons (Fsp3) is 0.545. The van der Waals surface area contributed by atoms with Gasteiger partial charge in [0.15, 0.2) is 6.10 Å². The first-order valence-electron chi connectivity index (χ1n) is 10.0. The summed E-state index contributed by atoms with van der Waals surface area (Å²) in [6, 6.07) is 0. The summed E-state index contributed by atoms with van der Waals surface area (Å²) in [5, 5.41) is 10.8. The van der Waals surface area contributed by atoms with Crippen LogP contribution in [0.5, 0.6) is 0 Å². The molecule has 9 heteroatoms. The lowest BCUT2D eigenvalue weighted by Gasteiger charge is -2.49. The average molecular weight is 434 g/mol. The number of allylic oxidation sites excluding steroid dienone is 1. The fourth-order valence-corrected chi connectivity index (χ4v) is 3.86. The van der Waals surface area contributed by atoms with Crippen molar-refractivity contribution < 1.29 is 43.2 Å². The van der Waals surface area contributed by atoms with Crippen molar-refractivity contribution in [1.82, 2.24) is 0 Å². The molecule has 0 aromatic rings. The molecule has 0 amide bonds. The molecule has 2 aliphatic heterocycles. The van der Waals surface area contributed by atoms with E-state index in [1.165, 1.54) is 6.92 Å². The van der Waals surface area contributed by atoms with E-state index in [4.69, 9.17) is 18.9 Å². The monoisotopic (exact) mass is 434 g/mol. The molecule has 3 rings (SSSR count). The molecule has 1 spiro atoms. The number of hydrogen-bond acceptors (Lipinski definition) is 9.